The van der Waals surface area contributed by atoms with Crippen LogP contribution in [0.3, 0.4) is 0 Å². The Bertz CT molecular complexity index is 567. The van der Waals surface area contributed by atoms with Gasteiger partial charge in [-0.25, -0.2) is 0 Å². The summed E-state index contributed by atoms with van der Waals surface area (Å²) in [6.07, 6.45) is 0. The molecule has 0 amide bonds. The molecule has 1 heterocycles. The van der Waals surface area contributed by atoms with Crippen molar-refractivity contribution < 1.29 is 4.42 Å². The smallest absolute Gasteiger partial charge is 0.183 e. The molecule has 0 bridgehead atoms. The number of hydrogen-bond acceptors (Lipinski definition) is 3. The highest BCUT2D eigenvalue weighted by atomic mass is 79.9. The largest absolute Gasteiger partial charge is 0.452 e. The molecule has 0 fully saturated rings. The predicted molar refractivity (Wildman–Crippen MR) is 75.8 cm³/mol. The summed E-state index contributed by atoms with van der Waals surface area (Å²) in [6, 6.07) is 11.6. The van der Waals surface area contributed by atoms with E-state index in [9.17, 15) is 0 Å². The van der Waals surface area contributed by atoms with Gasteiger partial charge in [0.2, 0.25) is 0 Å². The van der Waals surface area contributed by atoms with Crippen LogP contribution in [0.15, 0.2) is 43.9 Å². The van der Waals surface area contributed by atoms with E-state index in [2.05, 4.69) is 43.2 Å². The van der Waals surface area contributed by atoms with Crippen LogP contribution in [-0.4, -0.2) is 0 Å². The molecule has 2 aromatic rings. The maximum Gasteiger partial charge on any atom is 0.183 e. The van der Waals surface area contributed by atoms with Gasteiger partial charge in [0, 0.05) is 6.54 Å². The first kappa shape index (κ1) is 13.3. The average molecular weight is 370 g/mol. The lowest BCUT2D eigenvalue weighted by atomic mass is 10.1. The highest BCUT2D eigenvalue weighted by Crippen LogP contribution is 2.26. The summed E-state index contributed by atoms with van der Waals surface area (Å²) in [5.41, 5.74) is 1.76. The summed E-state index contributed by atoms with van der Waals surface area (Å²) in [6.45, 7) is 1.34. The number of halogens is 2. The minimum Gasteiger partial charge on any atom is -0.452 e. The van der Waals surface area contributed by atoms with E-state index >= 15 is 0 Å². The third-order valence-corrected chi connectivity index (χ3v) is 4.09. The molecule has 1 aromatic heterocycles. The van der Waals surface area contributed by atoms with Gasteiger partial charge >= 0.3 is 0 Å². The quantitative estimate of drug-likeness (QED) is 0.887. The second-order valence-corrected chi connectivity index (χ2v) is 5.32. The van der Waals surface area contributed by atoms with Crippen LogP contribution in [0.4, 0.5) is 0 Å². The van der Waals surface area contributed by atoms with Crippen LogP contribution < -0.4 is 5.32 Å². The van der Waals surface area contributed by atoms with Crippen LogP contribution in [0.2, 0.25) is 0 Å². The van der Waals surface area contributed by atoms with E-state index in [1.165, 1.54) is 0 Å². The van der Waals surface area contributed by atoms with E-state index in [0.29, 0.717) is 23.3 Å². The standard InChI is InChI=1S/C13H10Br2N2O/c14-12-5-11(18-13(12)15)8-17-7-10-3-1-2-9(4-10)6-16/h1-5,17H,7-8H2. The minimum absolute atomic E-state index is 0.640. The third kappa shape index (κ3) is 3.45. The summed E-state index contributed by atoms with van der Waals surface area (Å²) in [7, 11) is 0. The lowest BCUT2D eigenvalue weighted by molar-refractivity contribution is 0.464. The third-order valence-electron chi connectivity index (χ3n) is 2.38. The molecule has 0 aliphatic heterocycles. The van der Waals surface area contributed by atoms with Crippen molar-refractivity contribution in [3.8, 4) is 6.07 Å². The molecule has 92 valence electrons. The van der Waals surface area contributed by atoms with Crippen LogP contribution in [-0.2, 0) is 13.1 Å². The van der Waals surface area contributed by atoms with Crippen LogP contribution in [0.1, 0.15) is 16.9 Å². The molecular formula is C13H10Br2N2O. The lowest BCUT2D eigenvalue weighted by Gasteiger charge is -2.03. The van der Waals surface area contributed by atoms with Crippen molar-refractivity contribution in [3.63, 3.8) is 0 Å². The van der Waals surface area contributed by atoms with Gasteiger partial charge in [-0.15, -0.1) is 0 Å². The van der Waals surface area contributed by atoms with Crippen LogP contribution >= 0.6 is 31.9 Å². The molecule has 0 saturated heterocycles. The number of furan rings is 1. The molecule has 0 aliphatic rings. The fraction of sp³-hybridized carbons (Fsp3) is 0.154. The molecule has 1 N–H and O–H groups in total. The molecule has 0 saturated carbocycles. The summed E-state index contributed by atoms with van der Waals surface area (Å²) in [5.74, 6) is 0.852. The Hall–Kier alpha value is -1.09. The Balaban J connectivity index is 1.90. The summed E-state index contributed by atoms with van der Waals surface area (Å²) < 4.78 is 7.06. The summed E-state index contributed by atoms with van der Waals surface area (Å²) in [4.78, 5) is 0. The van der Waals surface area contributed by atoms with Gasteiger partial charge < -0.3 is 9.73 Å². The molecule has 0 unspecified atom stereocenters. The van der Waals surface area contributed by atoms with Gasteiger partial charge in [0.15, 0.2) is 4.67 Å². The molecule has 1 aromatic carbocycles. The fourth-order valence-corrected chi connectivity index (χ4v) is 2.22. The van der Waals surface area contributed by atoms with E-state index in [1.807, 2.05) is 24.3 Å². The second-order valence-electron chi connectivity index (χ2n) is 3.75. The minimum atomic E-state index is 0.640. The summed E-state index contributed by atoms with van der Waals surface area (Å²) in [5, 5.41) is 12.1. The van der Waals surface area contributed by atoms with Crippen molar-refractivity contribution in [1.82, 2.24) is 5.32 Å². The first-order valence-corrected chi connectivity index (χ1v) is 6.91. The highest BCUT2D eigenvalue weighted by Gasteiger charge is 2.05. The van der Waals surface area contributed by atoms with E-state index in [1.54, 1.807) is 6.07 Å². The summed E-state index contributed by atoms with van der Waals surface area (Å²) >= 11 is 6.66. The topological polar surface area (TPSA) is 49.0 Å². The van der Waals surface area contributed by atoms with Gasteiger partial charge in [-0.2, -0.15) is 5.26 Å². The Morgan fingerprint density at radius 2 is 2.06 bits per heavy atom. The van der Waals surface area contributed by atoms with Gasteiger partial charge in [0.1, 0.15) is 5.76 Å². The number of rotatable bonds is 4. The van der Waals surface area contributed by atoms with Crippen molar-refractivity contribution in [1.29, 1.82) is 5.26 Å². The van der Waals surface area contributed by atoms with Crippen molar-refractivity contribution in [2.24, 2.45) is 0 Å². The van der Waals surface area contributed by atoms with Crippen molar-refractivity contribution in [2.75, 3.05) is 0 Å². The van der Waals surface area contributed by atoms with Crippen molar-refractivity contribution >= 4 is 31.9 Å². The van der Waals surface area contributed by atoms with Gasteiger partial charge in [0.25, 0.3) is 0 Å². The fourth-order valence-electron chi connectivity index (χ4n) is 1.56. The number of nitrogens with one attached hydrogen (secondary N) is 1. The Morgan fingerprint density at radius 3 is 2.72 bits per heavy atom. The normalized spacial score (nSPS) is 10.3. The molecular weight excluding hydrogens is 360 g/mol. The molecule has 2 rings (SSSR count). The van der Waals surface area contributed by atoms with Crippen LogP contribution in [0.25, 0.3) is 0 Å². The molecule has 0 spiro atoms. The van der Waals surface area contributed by atoms with E-state index in [0.717, 1.165) is 15.8 Å². The Labute approximate surface area is 122 Å². The maximum absolute atomic E-state index is 8.80. The molecule has 0 radical (unpaired) electrons. The van der Waals surface area contributed by atoms with Gasteiger partial charge in [-0.05, 0) is 55.6 Å². The SMILES string of the molecule is N#Cc1cccc(CNCc2cc(Br)c(Br)o2)c1. The van der Waals surface area contributed by atoms with Crippen molar-refractivity contribution in [3.05, 3.63) is 56.4 Å². The number of nitrogens with zero attached hydrogens (tertiary/aromatic N) is 1. The first-order chi connectivity index (χ1) is 8.69. The zero-order valence-corrected chi connectivity index (χ0v) is 12.6. The number of hydrogen-bond donors (Lipinski definition) is 1. The average Bonchev–Trinajstić information content (AvgIpc) is 2.69. The predicted octanol–water partition coefficient (Wildman–Crippen LogP) is 3.97. The second kappa shape index (κ2) is 6.19. The van der Waals surface area contributed by atoms with E-state index < -0.39 is 0 Å². The number of benzene rings is 1. The Kier molecular flexibility index (Phi) is 4.59. The Morgan fingerprint density at radius 1 is 1.22 bits per heavy atom. The molecule has 0 atom stereocenters. The van der Waals surface area contributed by atoms with Crippen molar-refractivity contribution in [2.45, 2.75) is 13.1 Å². The highest BCUT2D eigenvalue weighted by molar-refractivity contribution is 9.13. The first-order valence-electron chi connectivity index (χ1n) is 5.32. The molecule has 5 heteroatoms. The van der Waals surface area contributed by atoms with Gasteiger partial charge in [-0.1, -0.05) is 12.1 Å². The van der Waals surface area contributed by atoms with Gasteiger partial charge in [-0.3, -0.25) is 0 Å². The molecule has 18 heavy (non-hydrogen) atoms. The van der Waals surface area contributed by atoms with Crippen LogP contribution in [0.5, 0.6) is 0 Å². The molecule has 0 aliphatic carbocycles. The zero-order chi connectivity index (χ0) is 13.0. The van der Waals surface area contributed by atoms with Gasteiger partial charge in [0.05, 0.1) is 22.7 Å². The van der Waals surface area contributed by atoms with E-state index in [-0.39, 0.29) is 0 Å². The lowest BCUT2D eigenvalue weighted by Crippen LogP contribution is -2.12. The molecule has 3 nitrogen and oxygen atoms in total. The zero-order valence-electron chi connectivity index (χ0n) is 9.41. The monoisotopic (exact) mass is 368 g/mol. The maximum atomic E-state index is 8.80. The van der Waals surface area contributed by atoms with E-state index in [4.69, 9.17) is 9.68 Å². The van der Waals surface area contributed by atoms with Crippen LogP contribution in [0, 0.1) is 11.3 Å². The number of nitriles is 1.